The summed E-state index contributed by atoms with van der Waals surface area (Å²) in [4.78, 5) is 11.6. The van der Waals surface area contributed by atoms with E-state index in [2.05, 4.69) is 16.6 Å². The Balaban J connectivity index is 2.54. The molecule has 2 N–H and O–H groups in total. The molecule has 0 saturated heterocycles. The number of nitrogens with one attached hydrogen (secondary N) is 2. The van der Waals surface area contributed by atoms with Gasteiger partial charge in [0.2, 0.25) is 5.91 Å². The molecule has 0 aliphatic heterocycles. The number of anilines is 1. The third kappa shape index (κ3) is 4.17. The van der Waals surface area contributed by atoms with Gasteiger partial charge in [-0.05, 0) is 19.1 Å². The second-order valence-electron chi connectivity index (χ2n) is 3.52. The fourth-order valence-corrected chi connectivity index (χ4v) is 1.25. The monoisotopic (exact) mass is 232 g/mol. The predicted molar refractivity (Wildman–Crippen MR) is 67.9 cm³/mol. The molecule has 4 nitrogen and oxygen atoms in total. The van der Waals surface area contributed by atoms with E-state index in [1.165, 1.54) is 0 Å². The minimum atomic E-state index is -0.156. The van der Waals surface area contributed by atoms with Crippen LogP contribution in [-0.4, -0.2) is 25.6 Å². The Morgan fingerprint density at radius 3 is 2.88 bits per heavy atom. The second kappa shape index (κ2) is 6.56. The zero-order valence-electron chi connectivity index (χ0n) is 9.99. The van der Waals surface area contributed by atoms with Crippen molar-refractivity contribution < 1.29 is 9.53 Å². The lowest BCUT2D eigenvalue weighted by Crippen LogP contribution is -2.33. The topological polar surface area (TPSA) is 50.4 Å². The summed E-state index contributed by atoms with van der Waals surface area (Å²) >= 11 is 0. The molecule has 1 atom stereocenters. The predicted octanol–water partition coefficient (Wildman–Crippen LogP) is 1.24. The summed E-state index contributed by atoms with van der Waals surface area (Å²) in [6, 6.07) is 7.11. The summed E-state index contributed by atoms with van der Waals surface area (Å²) in [5.74, 6) is 2.97. The van der Waals surface area contributed by atoms with Crippen LogP contribution in [0.3, 0.4) is 0 Å². The minimum Gasteiger partial charge on any atom is -0.495 e. The molecule has 0 aliphatic carbocycles. The Hall–Kier alpha value is -1.99. The molecule has 1 amide bonds. The van der Waals surface area contributed by atoms with Crippen LogP contribution in [-0.2, 0) is 4.79 Å². The van der Waals surface area contributed by atoms with E-state index in [9.17, 15) is 4.79 Å². The van der Waals surface area contributed by atoms with E-state index in [4.69, 9.17) is 11.2 Å². The van der Waals surface area contributed by atoms with E-state index >= 15 is 0 Å². The molecule has 0 aromatic heterocycles. The van der Waals surface area contributed by atoms with Crippen LogP contribution < -0.4 is 15.4 Å². The van der Waals surface area contributed by atoms with Crippen molar-refractivity contribution in [2.75, 3.05) is 19.0 Å². The van der Waals surface area contributed by atoms with Crippen molar-refractivity contribution in [1.29, 1.82) is 0 Å². The molecule has 1 aromatic rings. The number of benzene rings is 1. The minimum absolute atomic E-state index is 0.126. The Kier molecular flexibility index (Phi) is 5.05. The smallest absolute Gasteiger partial charge is 0.238 e. The molecule has 0 bridgehead atoms. The van der Waals surface area contributed by atoms with Gasteiger partial charge in [-0.15, -0.1) is 6.42 Å². The van der Waals surface area contributed by atoms with Crippen molar-refractivity contribution in [3.8, 4) is 18.1 Å². The zero-order chi connectivity index (χ0) is 12.7. The molecule has 4 heteroatoms. The Morgan fingerprint density at radius 2 is 2.24 bits per heavy atom. The van der Waals surface area contributed by atoms with Gasteiger partial charge in [0.15, 0.2) is 0 Å². The maximum absolute atomic E-state index is 11.6. The lowest BCUT2D eigenvalue weighted by Gasteiger charge is -2.11. The molecule has 1 unspecified atom stereocenters. The number of carbonyl (C=O) groups is 1. The Labute approximate surface area is 101 Å². The number of hydrogen-bond donors (Lipinski definition) is 2. The van der Waals surface area contributed by atoms with Crippen LogP contribution in [0.15, 0.2) is 24.3 Å². The first-order valence-electron chi connectivity index (χ1n) is 5.29. The highest BCUT2D eigenvalue weighted by Gasteiger charge is 2.07. The zero-order valence-corrected chi connectivity index (χ0v) is 9.99. The van der Waals surface area contributed by atoms with Crippen LogP contribution in [0.1, 0.15) is 6.92 Å². The average Bonchev–Trinajstić information content (AvgIpc) is 2.36. The molecule has 1 rings (SSSR count). The SMILES string of the molecule is C#CC(C)NCC(=O)Nc1ccccc1OC. The van der Waals surface area contributed by atoms with Crippen molar-refractivity contribution in [3.63, 3.8) is 0 Å². The molecule has 0 aliphatic rings. The van der Waals surface area contributed by atoms with Crippen molar-refractivity contribution >= 4 is 11.6 Å². The largest absolute Gasteiger partial charge is 0.495 e. The number of terminal acetylenes is 1. The summed E-state index contributed by atoms with van der Waals surface area (Å²) in [6.07, 6.45) is 5.19. The highest BCUT2D eigenvalue weighted by atomic mass is 16.5. The number of para-hydroxylation sites is 2. The van der Waals surface area contributed by atoms with Crippen LogP contribution in [0.2, 0.25) is 0 Å². The molecule has 17 heavy (non-hydrogen) atoms. The van der Waals surface area contributed by atoms with Gasteiger partial charge < -0.3 is 10.1 Å². The highest BCUT2D eigenvalue weighted by molar-refractivity contribution is 5.93. The number of methoxy groups -OCH3 is 1. The van der Waals surface area contributed by atoms with E-state index in [1.807, 2.05) is 19.1 Å². The van der Waals surface area contributed by atoms with Crippen LogP contribution >= 0.6 is 0 Å². The van der Waals surface area contributed by atoms with Crippen LogP contribution in [0, 0.1) is 12.3 Å². The van der Waals surface area contributed by atoms with Gasteiger partial charge in [-0.1, -0.05) is 18.1 Å². The van der Waals surface area contributed by atoms with Gasteiger partial charge in [0.05, 0.1) is 25.4 Å². The van der Waals surface area contributed by atoms with E-state index in [0.29, 0.717) is 11.4 Å². The van der Waals surface area contributed by atoms with E-state index < -0.39 is 0 Å². The molecule has 0 heterocycles. The third-order valence-corrected chi connectivity index (χ3v) is 2.20. The van der Waals surface area contributed by atoms with Gasteiger partial charge in [0.25, 0.3) is 0 Å². The third-order valence-electron chi connectivity index (χ3n) is 2.20. The molecule has 0 spiro atoms. The maximum Gasteiger partial charge on any atom is 0.238 e. The van der Waals surface area contributed by atoms with Gasteiger partial charge in [-0.2, -0.15) is 0 Å². The van der Waals surface area contributed by atoms with Crippen molar-refractivity contribution in [2.45, 2.75) is 13.0 Å². The average molecular weight is 232 g/mol. The van der Waals surface area contributed by atoms with Crippen molar-refractivity contribution in [3.05, 3.63) is 24.3 Å². The number of rotatable bonds is 5. The summed E-state index contributed by atoms with van der Waals surface area (Å²) in [7, 11) is 1.56. The maximum atomic E-state index is 11.6. The van der Waals surface area contributed by atoms with Crippen LogP contribution in [0.5, 0.6) is 5.75 Å². The van der Waals surface area contributed by atoms with E-state index in [1.54, 1.807) is 19.2 Å². The van der Waals surface area contributed by atoms with Crippen molar-refractivity contribution in [2.24, 2.45) is 0 Å². The summed E-state index contributed by atoms with van der Waals surface area (Å²) in [5, 5.41) is 5.65. The number of ether oxygens (including phenoxy) is 1. The standard InChI is InChI=1S/C13H16N2O2/c1-4-10(2)14-9-13(16)15-11-7-5-6-8-12(11)17-3/h1,5-8,10,14H,9H2,2-3H3,(H,15,16). The van der Waals surface area contributed by atoms with Crippen molar-refractivity contribution in [1.82, 2.24) is 5.32 Å². The molecule has 0 radical (unpaired) electrons. The van der Waals surface area contributed by atoms with Gasteiger partial charge in [0, 0.05) is 0 Å². The fraction of sp³-hybridized carbons (Fsp3) is 0.308. The molecule has 0 saturated carbocycles. The summed E-state index contributed by atoms with van der Waals surface area (Å²) in [5.41, 5.74) is 0.648. The number of hydrogen-bond acceptors (Lipinski definition) is 3. The molecular weight excluding hydrogens is 216 g/mol. The molecule has 1 aromatic carbocycles. The van der Waals surface area contributed by atoms with Crippen LogP contribution in [0.4, 0.5) is 5.69 Å². The van der Waals surface area contributed by atoms with Gasteiger partial charge in [-0.3, -0.25) is 10.1 Å². The van der Waals surface area contributed by atoms with Gasteiger partial charge in [0.1, 0.15) is 5.75 Å². The van der Waals surface area contributed by atoms with E-state index in [0.717, 1.165) is 0 Å². The molecular formula is C13H16N2O2. The normalized spacial score (nSPS) is 11.4. The first kappa shape index (κ1) is 13.1. The Bertz CT molecular complexity index is 424. The number of amides is 1. The first-order valence-corrected chi connectivity index (χ1v) is 5.29. The highest BCUT2D eigenvalue weighted by Crippen LogP contribution is 2.22. The molecule has 90 valence electrons. The van der Waals surface area contributed by atoms with Gasteiger partial charge >= 0.3 is 0 Å². The number of carbonyl (C=O) groups excluding carboxylic acids is 1. The first-order chi connectivity index (χ1) is 8.17. The van der Waals surface area contributed by atoms with Gasteiger partial charge in [-0.25, -0.2) is 0 Å². The lowest BCUT2D eigenvalue weighted by atomic mass is 10.3. The summed E-state index contributed by atoms with van der Waals surface area (Å²) < 4.78 is 5.13. The second-order valence-corrected chi connectivity index (χ2v) is 3.52. The van der Waals surface area contributed by atoms with E-state index in [-0.39, 0.29) is 18.5 Å². The fourth-order valence-electron chi connectivity index (χ4n) is 1.25. The van der Waals surface area contributed by atoms with Crippen LogP contribution in [0.25, 0.3) is 0 Å². The Morgan fingerprint density at radius 1 is 1.53 bits per heavy atom. The molecule has 0 fully saturated rings. The lowest BCUT2D eigenvalue weighted by molar-refractivity contribution is -0.115. The summed E-state index contributed by atoms with van der Waals surface area (Å²) in [6.45, 7) is 1.99. The quantitative estimate of drug-likeness (QED) is 0.751.